The van der Waals surface area contributed by atoms with E-state index in [2.05, 4.69) is 26.0 Å². The first kappa shape index (κ1) is 14.6. The van der Waals surface area contributed by atoms with Gasteiger partial charge in [0.25, 0.3) is 0 Å². The fraction of sp³-hybridized carbons (Fsp3) is 0.714. The second kappa shape index (κ2) is 5.28. The van der Waals surface area contributed by atoms with E-state index in [0.717, 1.165) is 30.6 Å². The molecule has 0 aromatic heterocycles. The number of fused-ring (bicyclic) bond motifs is 4. The average Bonchev–Trinajstić information content (AvgIpc) is 2.90. The van der Waals surface area contributed by atoms with Crippen molar-refractivity contribution >= 4 is 0 Å². The Labute approximate surface area is 135 Å². The van der Waals surface area contributed by atoms with Crippen LogP contribution in [0.2, 0.25) is 0 Å². The van der Waals surface area contributed by atoms with Crippen LogP contribution in [0, 0.1) is 23.2 Å². The summed E-state index contributed by atoms with van der Waals surface area (Å²) in [5.74, 6) is 3.94. The minimum atomic E-state index is 0.524. The molecule has 0 bridgehead atoms. The van der Waals surface area contributed by atoms with Crippen molar-refractivity contribution in [3.8, 4) is 0 Å². The summed E-state index contributed by atoms with van der Waals surface area (Å²) in [5, 5.41) is 0. The molecule has 0 aromatic rings. The van der Waals surface area contributed by atoms with Crippen LogP contribution >= 0.6 is 0 Å². The van der Waals surface area contributed by atoms with Gasteiger partial charge in [0.1, 0.15) is 0 Å². The average molecular weight is 298 g/mol. The largest absolute Gasteiger partial charge is 0.501 e. The van der Waals surface area contributed by atoms with Gasteiger partial charge < -0.3 is 4.74 Å². The number of hydrogen-bond donors (Lipinski definition) is 0. The third-order valence-corrected chi connectivity index (χ3v) is 7.44. The van der Waals surface area contributed by atoms with Gasteiger partial charge in [0.15, 0.2) is 0 Å². The summed E-state index contributed by atoms with van der Waals surface area (Å²) in [6.45, 7) is 4.93. The Balaban J connectivity index is 1.60. The fourth-order valence-corrected chi connectivity index (χ4v) is 6.25. The molecule has 4 aliphatic rings. The molecule has 0 aromatic carbocycles. The van der Waals surface area contributed by atoms with Crippen LogP contribution in [0.15, 0.2) is 34.6 Å². The molecule has 1 saturated carbocycles. The zero-order valence-electron chi connectivity index (χ0n) is 14.5. The standard InChI is InChI=1S/C21H30O/c1-4-15-6-10-20-19-8-5-14-13-16(22-3)7-9-17(14)18(19)11-12-21(15,20)2/h6-7,18-20H,4-5,8-13H2,1-3H3/t18?,19?,20?,21-/m1/s1. The SMILES string of the molecule is CCC1=CCC2C3CCC4=C(CC=C(OC)C4)C3CC[C@]12C. The van der Waals surface area contributed by atoms with E-state index in [1.165, 1.54) is 44.3 Å². The lowest BCUT2D eigenvalue weighted by Gasteiger charge is -2.51. The highest BCUT2D eigenvalue weighted by Crippen LogP contribution is 2.61. The van der Waals surface area contributed by atoms with E-state index < -0.39 is 0 Å². The molecular formula is C21H30O. The highest BCUT2D eigenvalue weighted by Gasteiger charge is 2.51. The van der Waals surface area contributed by atoms with Crippen molar-refractivity contribution < 1.29 is 4.74 Å². The van der Waals surface area contributed by atoms with E-state index in [4.69, 9.17) is 4.74 Å². The summed E-state index contributed by atoms with van der Waals surface area (Å²) in [6.07, 6.45) is 15.4. The normalized spacial score (nSPS) is 40.4. The number of rotatable bonds is 2. The maximum Gasteiger partial charge on any atom is 0.0959 e. The summed E-state index contributed by atoms with van der Waals surface area (Å²) < 4.78 is 5.51. The van der Waals surface area contributed by atoms with Crippen molar-refractivity contribution in [1.29, 1.82) is 0 Å². The third-order valence-electron chi connectivity index (χ3n) is 7.44. The van der Waals surface area contributed by atoms with Gasteiger partial charge in [-0.25, -0.2) is 0 Å². The second-order valence-corrected chi connectivity index (χ2v) is 8.07. The summed E-state index contributed by atoms with van der Waals surface area (Å²) in [6, 6.07) is 0. The highest BCUT2D eigenvalue weighted by molar-refractivity contribution is 5.34. The van der Waals surface area contributed by atoms with Gasteiger partial charge in [-0.3, -0.25) is 0 Å². The molecule has 0 amide bonds. The van der Waals surface area contributed by atoms with Crippen molar-refractivity contribution in [2.75, 3.05) is 7.11 Å². The van der Waals surface area contributed by atoms with Crippen molar-refractivity contribution in [1.82, 2.24) is 0 Å². The van der Waals surface area contributed by atoms with E-state index >= 15 is 0 Å². The molecule has 1 nitrogen and oxygen atoms in total. The molecule has 3 unspecified atom stereocenters. The zero-order valence-corrected chi connectivity index (χ0v) is 14.5. The molecule has 0 saturated heterocycles. The van der Waals surface area contributed by atoms with Crippen LogP contribution in [-0.2, 0) is 4.74 Å². The Morgan fingerprint density at radius 1 is 1.27 bits per heavy atom. The van der Waals surface area contributed by atoms with Gasteiger partial charge in [0.2, 0.25) is 0 Å². The molecule has 1 fully saturated rings. The molecule has 4 aliphatic carbocycles. The molecule has 1 heteroatoms. The van der Waals surface area contributed by atoms with E-state index in [9.17, 15) is 0 Å². The van der Waals surface area contributed by atoms with E-state index in [0.29, 0.717) is 5.41 Å². The maximum absolute atomic E-state index is 5.51. The molecular weight excluding hydrogens is 268 g/mol. The van der Waals surface area contributed by atoms with E-state index in [1.54, 1.807) is 11.1 Å². The van der Waals surface area contributed by atoms with Gasteiger partial charge in [-0.15, -0.1) is 0 Å². The number of ether oxygens (including phenoxy) is 1. The van der Waals surface area contributed by atoms with Crippen LogP contribution in [0.3, 0.4) is 0 Å². The summed E-state index contributed by atoms with van der Waals surface area (Å²) in [5.41, 5.74) is 5.83. The van der Waals surface area contributed by atoms with E-state index in [1.807, 2.05) is 12.7 Å². The molecule has 4 rings (SSSR count). The topological polar surface area (TPSA) is 9.23 Å². The molecule has 0 radical (unpaired) electrons. The van der Waals surface area contributed by atoms with Crippen LogP contribution in [0.25, 0.3) is 0 Å². The smallest absolute Gasteiger partial charge is 0.0959 e. The molecule has 0 N–H and O–H groups in total. The monoisotopic (exact) mass is 298 g/mol. The summed E-state index contributed by atoms with van der Waals surface area (Å²) in [4.78, 5) is 0. The third kappa shape index (κ3) is 1.97. The Hall–Kier alpha value is -0.980. The quantitative estimate of drug-likeness (QED) is 0.586. The Kier molecular flexibility index (Phi) is 3.51. The summed E-state index contributed by atoms with van der Waals surface area (Å²) in [7, 11) is 1.82. The Morgan fingerprint density at radius 3 is 2.91 bits per heavy atom. The van der Waals surface area contributed by atoms with Gasteiger partial charge in [0.05, 0.1) is 12.9 Å². The van der Waals surface area contributed by atoms with E-state index in [-0.39, 0.29) is 0 Å². The Morgan fingerprint density at radius 2 is 2.14 bits per heavy atom. The lowest BCUT2D eigenvalue weighted by Crippen LogP contribution is -2.42. The summed E-state index contributed by atoms with van der Waals surface area (Å²) >= 11 is 0. The van der Waals surface area contributed by atoms with Crippen molar-refractivity contribution in [2.45, 2.75) is 65.2 Å². The number of hydrogen-bond acceptors (Lipinski definition) is 1. The first-order valence-corrected chi connectivity index (χ1v) is 9.30. The van der Waals surface area contributed by atoms with Crippen LogP contribution in [-0.4, -0.2) is 7.11 Å². The first-order valence-electron chi connectivity index (χ1n) is 9.30. The molecule has 0 heterocycles. The highest BCUT2D eigenvalue weighted by atomic mass is 16.5. The molecule has 22 heavy (non-hydrogen) atoms. The Bertz CT molecular complexity index is 564. The maximum atomic E-state index is 5.51. The zero-order chi connectivity index (χ0) is 15.3. The second-order valence-electron chi connectivity index (χ2n) is 8.07. The van der Waals surface area contributed by atoms with Gasteiger partial charge in [-0.05, 0) is 74.2 Å². The van der Waals surface area contributed by atoms with Gasteiger partial charge in [-0.1, -0.05) is 36.6 Å². The van der Waals surface area contributed by atoms with Crippen molar-refractivity contribution in [3.05, 3.63) is 34.6 Å². The molecule has 120 valence electrons. The molecule has 0 spiro atoms. The first-order chi connectivity index (χ1) is 10.7. The fourth-order valence-electron chi connectivity index (χ4n) is 6.25. The minimum absolute atomic E-state index is 0.524. The van der Waals surface area contributed by atoms with Crippen molar-refractivity contribution in [3.63, 3.8) is 0 Å². The van der Waals surface area contributed by atoms with Crippen molar-refractivity contribution in [2.24, 2.45) is 23.2 Å². The number of methoxy groups -OCH3 is 1. The van der Waals surface area contributed by atoms with Crippen LogP contribution in [0.1, 0.15) is 65.2 Å². The minimum Gasteiger partial charge on any atom is -0.501 e. The van der Waals surface area contributed by atoms with Crippen LogP contribution in [0.4, 0.5) is 0 Å². The predicted octanol–water partition coefficient (Wildman–Crippen LogP) is 5.79. The van der Waals surface area contributed by atoms with Crippen LogP contribution < -0.4 is 0 Å². The number of allylic oxidation sites excluding steroid dienone is 5. The van der Waals surface area contributed by atoms with Gasteiger partial charge >= 0.3 is 0 Å². The molecule has 0 aliphatic heterocycles. The van der Waals surface area contributed by atoms with Gasteiger partial charge in [0, 0.05) is 6.42 Å². The predicted molar refractivity (Wildman–Crippen MR) is 91.4 cm³/mol. The van der Waals surface area contributed by atoms with Gasteiger partial charge in [-0.2, -0.15) is 0 Å². The lowest BCUT2D eigenvalue weighted by atomic mass is 9.53. The van der Waals surface area contributed by atoms with Crippen LogP contribution in [0.5, 0.6) is 0 Å². The lowest BCUT2D eigenvalue weighted by molar-refractivity contribution is 0.0547. The molecule has 4 atom stereocenters.